The maximum Gasteiger partial charge on any atom is 0.468 e. The molecule has 0 amide bonds. The predicted molar refractivity (Wildman–Crippen MR) is 94.5 cm³/mol. The van der Waals surface area contributed by atoms with Gasteiger partial charge in [-0.05, 0) is 64.0 Å². The fourth-order valence-electron chi connectivity index (χ4n) is 1.90. The van der Waals surface area contributed by atoms with Crippen LogP contribution in [0.1, 0.15) is 33.6 Å². The van der Waals surface area contributed by atoms with Crippen LogP contribution < -0.4 is 4.74 Å². The van der Waals surface area contributed by atoms with Crippen molar-refractivity contribution in [3.8, 4) is 5.75 Å². The molecule has 0 heterocycles. The molecule has 0 aliphatic carbocycles. The summed E-state index contributed by atoms with van der Waals surface area (Å²) in [5, 5.41) is 0. The average Bonchev–Trinajstić information content (AvgIpc) is 2.53. The van der Waals surface area contributed by atoms with E-state index in [1.165, 1.54) is 24.8 Å². The van der Waals surface area contributed by atoms with E-state index < -0.39 is 12.1 Å². The van der Waals surface area contributed by atoms with Gasteiger partial charge in [0.05, 0.1) is 12.8 Å². The van der Waals surface area contributed by atoms with Crippen LogP contribution in [0.3, 0.4) is 0 Å². The van der Waals surface area contributed by atoms with Crippen molar-refractivity contribution in [1.82, 2.24) is 0 Å². The number of allylic oxidation sites excluding steroid dienone is 3. The fourth-order valence-corrected chi connectivity index (χ4v) is 1.90. The van der Waals surface area contributed by atoms with Crippen LogP contribution in [0.5, 0.6) is 5.75 Å². The molecule has 0 saturated heterocycles. The summed E-state index contributed by atoms with van der Waals surface area (Å²) >= 11 is 0. The van der Waals surface area contributed by atoms with Crippen LogP contribution in [0, 0.1) is 0 Å². The molecule has 0 fully saturated rings. The second kappa shape index (κ2) is 9.91. The molecule has 1 aromatic rings. The monoisotopic (exact) mass is 355 g/mol. The van der Waals surface area contributed by atoms with E-state index in [9.17, 15) is 13.2 Å². The molecule has 0 unspecified atom stereocenters. The fraction of sp³-hybridized carbons (Fsp3) is 0.421. The maximum atomic E-state index is 13.1. The van der Waals surface area contributed by atoms with Crippen LogP contribution in [0.2, 0.25) is 0 Å². The number of rotatable bonds is 7. The molecule has 0 N–H and O–H groups in total. The van der Waals surface area contributed by atoms with E-state index in [2.05, 4.69) is 11.1 Å². The molecular weight excluding hydrogens is 331 g/mol. The normalized spacial score (nSPS) is 12.8. The number of aliphatic imine (C=N–C) groups is 1. The van der Waals surface area contributed by atoms with Gasteiger partial charge in [0.2, 0.25) is 0 Å². The van der Waals surface area contributed by atoms with Gasteiger partial charge in [-0.1, -0.05) is 17.2 Å². The molecule has 0 aromatic heterocycles. The van der Waals surface area contributed by atoms with Gasteiger partial charge in [0.15, 0.2) is 0 Å². The highest BCUT2D eigenvalue weighted by atomic mass is 19.4. The summed E-state index contributed by atoms with van der Waals surface area (Å²) in [6, 6.07) is 5.96. The van der Waals surface area contributed by atoms with E-state index in [1.54, 1.807) is 18.2 Å². The zero-order valence-corrected chi connectivity index (χ0v) is 15.0. The number of halogens is 3. The molecule has 0 radical (unpaired) electrons. The Morgan fingerprint density at radius 1 is 1.08 bits per heavy atom. The minimum absolute atomic E-state index is 0.150. The maximum absolute atomic E-state index is 13.1. The first-order valence-corrected chi connectivity index (χ1v) is 7.94. The van der Waals surface area contributed by atoms with Crippen LogP contribution >= 0.6 is 0 Å². The largest absolute Gasteiger partial charge is 0.497 e. The van der Waals surface area contributed by atoms with Gasteiger partial charge in [-0.15, -0.1) is 0 Å². The van der Waals surface area contributed by atoms with Gasteiger partial charge in [-0.2, -0.15) is 13.2 Å². The second-order valence-corrected chi connectivity index (χ2v) is 5.79. The first-order valence-electron chi connectivity index (χ1n) is 7.94. The van der Waals surface area contributed by atoms with E-state index in [1.807, 2.05) is 20.8 Å². The zero-order chi connectivity index (χ0) is 18.9. The number of methoxy groups -OCH3 is 1. The molecule has 0 bridgehead atoms. The average molecular weight is 355 g/mol. The van der Waals surface area contributed by atoms with Crippen molar-refractivity contribution in [2.24, 2.45) is 4.99 Å². The van der Waals surface area contributed by atoms with Crippen molar-refractivity contribution in [1.29, 1.82) is 0 Å². The lowest BCUT2D eigenvalue weighted by Crippen LogP contribution is -2.25. The van der Waals surface area contributed by atoms with Crippen molar-refractivity contribution in [3.05, 3.63) is 47.6 Å². The number of ether oxygens (including phenoxy) is 2. The van der Waals surface area contributed by atoms with Crippen molar-refractivity contribution in [2.45, 2.75) is 39.8 Å². The van der Waals surface area contributed by atoms with Crippen molar-refractivity contribution in [2.75, 3.05) is 13.7 Å². The van der Waals surface area contributed by atoms with E-state index in [4.69, 9.17) is 9.47 Å². The molecule has 3 nitrogen and oxygen atoms in total. The Hall–Kier alpha value is -2.24. The highest BCUT2D eigenvalue weighted by molar-refractivity contribution is 5.84. The van der Waals surface area contributed by atoms with Gasteiger partial charge in [0.25, 0.3) is 5.90 Å². The summed E-state index contributed by atoms with van der Waals surface area (Å²) in [5.41, 5.74) is 2.34. The molecule has 0 spiro atoms. The molecule has 1 aromatic carbocycles. The molecule has 138 valence electrons. The Morgan fingerprint density at radius 2 is 1.72 bits per heavy atom. The number of hydrogen-bond donors (Lipinski definition) is 0. The van der Waals surface area contributed by atoms with Crippen molar-refractivity contribution < 1.29 is 22.6 Å². The van der Waals surface area contributed by atoms with Gasteiger partial charge in [-0.25, -0.2) is 4.99 Å². The first-order chi connectivity index (χ1) is 11.7. The molecule has 25 heavy (non-hydrogen) atoms. The lowest BCUT2D eigenvalue weighted by atomic mass is 10.1. The second-order valence-electron chi connectivity index (χ2n) is 5.79. The van der Waals surface area contributed by atoms with Crippen LogP contribution in [0.25, 0.3) is 0 Å². The topological polar surface area (TPSA) is 30.8 Å². The van der Waals surface area contributed by atoms with Crippen LogP contribution in [-0.2, 0) is 4.74 Å². The Kier molecular flexibility index (Phi) is 8.25. The molecule has 0 saturated carbocycles. The van der Waals surface area contributed by atoms with E-state index in [0.29, 0.717) is 5.75 Å². The quantitative estimate of drug-likeness (QED) is 0.341. The van der Waals surface area contributed by atoms with Crippen LogP contribution in [0.15, 0.2) is 52.6 Å². The summed E-state index contributed by atoms with van der Waals surface area (Å²) in [7, 11) is 1.48. The molecule has 1 rings (SSSR count). The highest BCUT2D eigenvalue weighted by Crippen LogP contribution is 2.24. The third-order valence-electron chi connectivity index (χ3n) is 3.29. The molecular formula is C19H24F3NO2. The summed E-state index contributed by atoms with van der Waals surface area (Å²) in [4.78, 5) is 3.56. The Bertz CT molecular complexity index is 625. The van der Waals surface area contributed by atoms with Crippen molar-refractivity contribution in [3.63, 3.8) is 0 Å². The first kappa shape index (κ1) is 20.8. The predicted octanol–water partition coefficient (Wildman–Crippen LogP) is 6.00. The Balaban J connectivity index is 2.73. The zero-order valence-electron chi connectivity index (χ0n) is 15.0. The summed E-state index contributed by atoms with van der Waals surface area (Å²) in [6.45, 7) is 5.71. The third kappa shape index (κ3) is 8.42. The minimum atomic E-state index is -4.65. The Labute approximate surface area is 146 Å². The number of benzene rings is 1. The molecule has 0 atom stereocenters. The molecule has 0 aliphatic rings. The van der Waals surface area contributed by atoms with Gasteiger partial charge in [-0.3, -0.25) is 0 Å². The SMILES string of the molecule is COc1ccc(N=C(OC/C=C(\C)CCC=C(C)C)C(F)(F)F)cc1. The van der Waals surface area contributed by atoms with Gasteiger partial charge in [0.1, 0.15) is 12.4 Å². The van der Waals surface area contributed by atoms with Crippen LogP contribution in [-0.4, -0.2) is 25.8 Å². The summed E-state index contributed by atoms with van der Waals surface area (Å²) < 4.78 is 49.0. The lowest BCUT2D eigenvalue weighted by Gasteiger charge is -2.11. The molecule has 6 heteroatoms. The van der Waals surface area contributed by atoms with E-state index in [0.717, 1.165) is 18.4 Å². The summed E-state index contributed by atoms with van der Waals surface area (Å²) in [5.74, 6) is -0.714. The number of hydrogen-bond acceptors (Lipinski definition) is 3. The smallest absolute Gasteiger partial charge is 0.468 e. The van der Waals surface area contributed by atoms with Crippen LogP contribution in [0.4, 0.5) is 18.9 Å². The highest BCUT2D eigenvalue weighted by Gasteiger charge is 2.38. The van der Waals surface area contributed by atoms with Gasteiger partial charge < -0.3 is 9.47 Å². The van der Waals surface area contributed by atoms with E-state index >= 15 is 0 Å². The van der Waals surface area contributed by atoms with Gasteiger partial charge in [0, 0.05) is 0 Å². The summed E-state index contributed by atoms with van der Waals surface area (Å²) in [6.07, 6.45) is 0.727. The van der Waals surface area contributed by atoms with Gasteiger partial charge >= 0.3 is 6.18 Å². The standard InChI is InChI=1S/C19H24F3NO2/c1-14(2)6-5-7-15(3)12-13-25-18(19(20,21)22)23-16-8-10-17(24-4)11-9-16/h6,8-12H,5,7,13H2,1-4H3/b15-12+,23-18?. The van der Waals surface area contributed by atoms with E-state index in [-0.39, 0.29) is 12.3 Å². The Morgan fingerprint density at radius 3 is 2.24 bits per heavy atom. The molecule has 0 aliphatic heterocycles. The number of alkyl halides is 3. The lowest BCUT2D eigenvalue weighted by molar-refractivity contribution is -0.0770. The minimum Gasteiger partial charge on any atom is -0.497 e. The van der Waals surface area contributed by atoms with Crippen molar-refractivity contribution >= 4 is 11.6 Å². The third-order valence-corrected chi connectivity index (χ3v) is 3.29. The number of nitrogens with zero attached hydrogens (tertiary/aromatic N) is 1.